The minimum absolute atomic E-state index is 0.0683. The molecule has 10 heteroatoms. The van der Waals surface area contributed by atoms with Crippen LogP contribution in [0.5, 0.6) is 0 Å². The zero-order chi connectivity index (χ0) is 17.1. The van der Waals surface area contributed by atoms with Crippen LogP contribution in [0.2, 0.25) is 0 Å². The van der Waals surface area contributed by atoms with Crippen molar-refractivity contribution >= 4 is 22.1 Å². The normalized spacial score (nSPS) is 11.4. The van der Waals surface area contributed by atoms with E-state index in [1.165, 1.54) is 0 Å². The smallest absolute Gasteiger partial charge is 0.337 e. The summed E-state index contributed by atoms with van der Waals surface area (Å²) in [7, 11) is -5.13. The van der Waals surface area contributed by atoms with Gasteiger partial charge in [-0.2, -0.15) is 8.42 Å². The number of hydrogen-bond donors (Lipinski definition) is 5. The number of aromatic carboxylic acids is 2. The number of benzene rings is 1. The highest BCUT2D eigenvalue weighted by molar-refractivity contribution is 7.86. The summed E-state index contributed by atoms with van der Waals surface area (Å²) in [4.78, 5) is 21.3. The zero-order valence-electron chi connectivity index (χ0n) is 11.2. The predicted octanol–water partition coefficient (Wildman–Crippen LogP) is -0.601. The van der Waals surface area contributed by atoms with E-state index in [1.54, 1.807) is 0 Å². The summed E-state index contributed by atoms with van der Waals surface area (Å²) < 4.78 is 32.0. The van der Waals surface area contributed by atoms with Crippen LogP contribution in [-0.2, 0) is 23.0 Å². The van der Waals surface area contributed by atoms with E-state index in [9.17, 15) is 27.7 Å². The molecular formula is C12H14O9S. The molecule has 122 valence electrons. The van der Waals surface area contributed by atoms with Crippen molar-refractivity contribution in [3.63, 3.8) is 0 Å². The highest BCUT2D eigenvalue weighted by atomic mass is 32.2. The first kappa shape index (κ1) is 18.0. The van der Waals surface area contributed by atoms with Crippen LogP contribution in [0, 0.1) is 0 Å². The molecule has 0 atom stereocenters. The van der Waals surface area contributed by atoms with Gasteiger partial charge >= 0.3 is 11.9 Å². The maximum Gasteiger partial charge on any atom is 0.337 e. The summed E-state index contributed by atoms with van der Waals surface area (Å²) in [5.41, 5.74) is -1.91. The van der Waals surface area contributed by atoms with Gasteiger partial charge in [0.15, 0.2) is 0 Å². The second-order valence-corrected chi connectivity index (χ2v) is 5.66. The summed E-state index contributed by atoms with van der Waals surface area (Å²) >= 11 is 0. The van der Waals surface area contributed by atoms with Crippen LogP contribution < -0.4 is 0 Å². The molecule has 0 saturated carbocycles. The molecule has 0 unspecified atom stereocenters. The lowest BCUT2D eigenvalue weighted by molar-refractivity contribution is 0.0687. The Bertz CT molecular complexity index is 706. The third kappa shape index (κ3) is 3.60. The molecule has 0 spiro atoms. The highest BCUT2D eigenvalue weighted by Crippen LogP contribution is 2.29. The van der Waals surface area contributed by atoms with Crippen molar-refractivity contribution in [2.24, 2.45) is 0 Å². The van der Waals surface area contributed by atoms with Crippen molar-refractivity contribution in [1.82, 2.24) is 0 Å². The van der Waals surface area contributed by atoms with E-state index in [2.05, 4.69) is 0 Å². The van der Waals surface area contributed by atoms with E-state index in [1.807, 2.05) is 0 Å². The van der Waals surface area contributed by atoms with Crippen LogP contribution in [0.25, 0.3) is 0 Å². The van der Waals surface area contributed by atoms with Gasteiger partial charge in [0.05, 0.1) is 11.1 Å². The molecule has 1 rings (SSSR count). The lowest BCUT2D eigenvalue weighted by Crippen LogP contribution is -2.20. The Kier molecular flexibility index (Phi) is 5.60. The fourth-order valence-corrected chi connectivity index (χ4v) is 3.05. The Hall–Kier alpha value is -2.01. The fraction of sp³-hybridized carbons (Fsp3) is 0.333. The van der Waals surface area contributed by atoms with Crippen LogP contribution in [-0.4, -0.2) is 58.5 Å². The van der Waals surface area contributed by atoms with Crippen LogP contribution in [0.1, 0.15) is 31.8 Å². The van der Waals surface area contributed by atoms with Crippen LogP contribution in [0.4, 0.5) is 0 Å². The number of carboxylic acids is 2. The Morgan fingerprint density at radius 1 is 1.00 bits per heavy atom. The molecule has 0 bridgehead atoms. The first-order valence-corrected chi connectivity index (χ1v) is 7.43. The van der Waals surface area contributed by atoms with Crippen LogP contribution in [0.15, 0.2) is 11.0 Å². The number of rotatable bonds is 7. The molecule has 0 aliphatic heterocycles. The maximum atomic E-state index is 11.4. The minimum atomic E-state index is -5.13. The molecule has 0 fully saturated rings. The van der Waals surface area contributed by atoms with E-state index >= 15 is 0 Å². The van der Waals surface area contributed by atoms with Gasteiger partial charge in [-0.15, -0.1) is 0 Å². The molecule has 0 aromatic heterocycles. The van der Waals surface area contributed by atoms with Crippen molar-refractivity contribution in [3.8, 4) is 0 Å². The average molecular weight is 334 g/mol. The molecule has 1 aromatic rings. The highest BCUT2D eigenvalue weighted by Gasteiger charge is 2.31. The molecule has 9 nitrogen and oxygen atoms in total. The summed E-state index contributed by atoms with van der Waals surface area (Å²) in [6.07, 6.45) is -0.416. The van der Waals surface area contributed by atoms with Gasteiger partial charge in [0.1, 0.15) is 4.90 Å². The lowest BCUT2D eigenvalue weighted by atomic mass is 9.93. The molecule has 22 heavy (non-hydrogen) atoms. The van der Waals surface area contributed by atoms with Crippen molar-refractivity contribution in [2.45, 2.75) is 17.7 Å². The van der Waals surface area contributed by atoms with Crippen molar-refractivity contribution in [3.05, 3.63) is 28.3 Å². The zero-order valence-corrected chi connectivity index (χ0v) is 12.0. The lowest BCUT2D eigenvalue weighted by Gasteiger charge is -2.16. The molecule has 0 heterocycles. The Morgan fingerprint density at radius 2 is 1.55 bits per heavy atom. The monoisotopic (exact) mass is 334 g/mol. The van der Waals surface area contributed by atoms with Crippen molar-refractivity contribution < 1.29 is 43.0 Å². The molecule has 0 aliphatic rings. The molecule has 0 saturated heterocycles. The van der Waals surface area contributed by atoms with Crippen LogP contribution >= 0.6 is 0 Å². The fourth-order valence-electron chi connectivity index (χ4n) is 2.15. The van der Waals surface area contributed by atoms with Crippen molar-refractivity contribution in [1.29, 1.82) is 0 Å². The van der Waals surface area contributed by atoms with E-state index in [-0.39, 0.29) is 24.0 Å². The van der Waals surface area contributed by atoms with Crippen LogP contribution in [0.3, 0.4) is 0 Å². The quantitative estimate of drug-likeness (QED) is 0.408. The van der Waals surface area contributed by atoms with E-state index in [4.69, 9.17) is 15.3 Å². The van der Waals surface area contributed by atoms with Gasteiger partial charge in [0.25, 0.3) is 10.1 Å². The molecule has 0 radical (unpaired) electrons. The second kappa shape index (κ2) is 6.83. The van der Waals surface area contributed by atoms with Crippen molar-refractivity contribution in [2.75, 3.05) is 13.2 Å². The summed E-state index contributed by atoms with van der Waals surface area (Å²) in [6.45, 7) is -0.974. The van der Waals surface area contributed by atoms with E-state index < -0.39 is 51.3 Å². The first-order chi connectivity index (χ1) is 10.1. The van der Waals surface area contributed by atoms with Gasteiger partial charge < -0.3 is 20.4 Å². The largest absolute Gasteiger partial charge is 0.478 e. The number of aliphatic hydroxyl groups is 2. The first-order valence-electron chi connectivity index (χ1n) is 5.99. The van der Waals surface area contributed by atoms with Gasteiger partial charge in [-0.25, -0.2) is 9.59 Å². The third-order valence-corrected chi connectivity index (χ3v) is 3.86. The van der Waals surface area contributed by atoms with Gasteiger partial charge in [-0.05, 0) is 30.0 Å². The standard InChI is InChI=1S/C12H14O9S/c13-3-1-6-5-8(11(15)16)10(22(19,20)21)9(12(17)18)7(6)2-4-14/h5,13-14H,1-4H2,(H,15,16)(H,17,18)(H,19,20,21). The number of aliphatic hydroxyl groups excluding tert-OH is 2. The Morgan fingerprint density at radius 3 is 1.91 bits per heavy atom. The van der Waals surface area contributed by atoms with Gasteiger partial charge in [-0.1, -0.05) is 0 Å². The van der Waals surface area contributed by atoms with E-state index in [0.717, 1.165) is 6.07 Å². The summed E-state index contributed by atoms with van der Waals surface area (Å²) in [5.74, 6) is -3.51. The minimum Gasteiger partial charge on any atom is -0.478 e. The van der Waals surface area contributed by atoms with Gasteiger partial charge in [0.2, 0.25) is 0 Å². The number of carboxylic acid groups (broad SMARTS) is 2. The summed E-state index contributed by atoms with van der Waals surface area (Å²) in [6, 6.07) is 0.874. The Balaban J connectivity index is 3.99. The maximum absolute atomic E-state index is 11.4. The molecule has 0 aliphatic carbocycles. The molecular weight excluding hydrogens is 320 g/mol. The number of carbonyl (C=O) groups is 2. The topological polar surface area (TPSA) is 169 Å². The van der Waals surface area contributed by atoms with Gasteiger partial charge in [0, 0.05) is 13.2 Å². The summed E-state index contributed by atoms with van der Waals surface area (Å²) in [5, 5.41) is 36.3. The Labute approximate surface area is 125 Å². The SMILES string of the molecule is O=C(O)c1cc(CCO)c(CCO)c(C(=O)O)c1S(=O)(=O)O. The molecule has 5 N–H and O–H groups in total. The third-order valence-electron chi connectivity index (χ3n) is 2.92. The molecule has 0 amide bonds. The second-order valence-electron chi connectivity index (χ2n) is 4.30. The number of hydrogen-bond acceptors (Lipinski definition) is 6. The van der Waals surface area contributed by atoms with Gasteiger partial charge in [-0.3, -0.25) is 4.55 Å². The predicted molar refractivity (Wildman–Crippen MR) is 71.8 cm³/mol. The average Bonchev–Trinajstić information content (AvgIpc) is 2.38. The molecule has 1 aromatic carbocycles. The van der Waals surface area contributed by atoms with E-state index in [0.29, 0.717) is 0 Å².